The molecule has 0 aromatic heterocycles. The molecule has 2 rings (SSSR count). The van der Waals surface area contributed by atoms with Crippen LogP contribution in [0, 0.1) is 5.82 Å². The summed E-state index contributed by atoms with van der Waals surface area (Å²) in [5.74, 6) is -0.565. The van der Waals surface area contributed by atoms with Crippen LogP contribution in [0.15, 0.2) is 48.5 Å². The zero-order chi connectivity index (χ0) is 16.7. The second-order valence-corrected chi connectivity index (χ2v) is 5.14. The van der Waals surface area contributed by atoms with Crippen LogP contribution in [-0.2, 0) is 17.8 Å². The lowest BCUT2D eigenvalue weighted by atomic mass is 10.1. The fourth-order valence-corrected chi connectivity index (χ4v) is 2.09. The van der Waals surface area contributed by atoms with Crippen LogP contribution in [0.2, 0.25) is 0 Å². The number of rotatable bonds is 6. The van der Waals surface area contributed by atoms with Gasteiger partial charge in [-0.25, -0.2) is 4.39 Å². The fourth-order valence-electron chi connectivity index (χ4n) is 2.09. The molecule has 2 aromatic carbocycles. The summed E-state index contributed by atoms with van der Waals surface area (Å²) >= 11 is 0. The van der Waals surface area contributed by atoms with Gasteiger partial charge in [0.2, 0.25) is 5.91 Å². The Morgan fingerprint density at radius 2 is 1.52 bits per heavy atom. The second-order valence-electron chi connectivity index (χ2n) is 5.14. The lowest BCUT2D eigenvalue weighted by molar-refractivity contribution is -0.120. The molecule has 0 bridgehead atoms. The molecule has 0 unspecified atom stereocenters. The van der Waals surface area contributed by atoms with Crippen LogP contribution < -0.4 is 10.6 Å². The van der Waals surface area contributed by atoms with E-state index in [0.717, 1.165) is 11.1 Å². The highest BCUT2D eigenvalue weighted by Crippen LogP contribution is 2.06. The standard InChI is InChI=1S/C18H19FN2O2/c1-2-20-18(23)15-7-3-14(4-8-15)12-21-17(22)11-13-5-9-16(19)10-6-13/h3-10H,2,11-12H2,1H3,(H,20,23)(H,21,22). The molecule has 4 nitrogen and oxygen atoms in total. The molecule has 0 aliphatic heterocycles. The summed E-state index contributed by atoms with van der Waals surface area (Å²) in [6.45, 7) is 2.83. The van der Waals surface area contributed by atoms with Crippen molar-refractivity contribution in [2.45, 2.75) is 19.9 Å². The van der Waals surface area contributed by atoms with Gasteiger partial charge in [-0.2, -0.15) is 0 Å². The Balaban J connectivity index is 1.84. The van der Waals surface area contributed by atoms with E-state index in [-0.39, 0.29) is 24.1 Å². The molecule has 0 radical (unpaired) electrons. The molecule has 23 heavy (non-hydrogen) atoms. The first-order valence-electron chi connectivity index (χ1n) is 7.46. The largest absolute Gasteiger partial charge is 0.352 e. The summed E-state index contributed by atoms with van der Waals surface area (Å²) in [6, 6.07) is 12.9. The summed E-state index contributed by atoms with van der Waals surface area (Å²) in [5, 5.41) is 5.53. The molecule has 0 atom stereocenters. The van der Waals surface area contributed by atoms with E-state index in [2.05, 4.69) is 10.6 Å². The molecule has 0 saturated carbocycles. The number of carbonyl (C=O) groups excluding carboxylic acids is 2. The molecule has 2 amide bonds. The molecule has 5 heteroatoms. The first-order valence-corrected chi connectivity index (χ1v) is 7.46. The first kappa shape index (κ1) is 16.7. The SMILES string of the molecule is CCNC(=O)c1ccc(CNC(=O)Cc2ccc(F)cc2)cc1. The molecule has 2 aromatic rings. The summed E-state index contributed by atoms with van der Waals surface area (Å²) in [6.07, 6.45) is 0.206. The first-order chi connectivity index (χ1) is 11.1. The van der Waals surface area contributed by atoms with E-state index < -0.39 is 0 Å². The monoisotopic (exact) mass is 314 g/mol. The van der Waals surface area contributed by atoms with Crippen LogP contribution in [0.3, 0.4) is 0 Å². The maximum atomic E-state index is 12.8. The topological polar surface area (TPSA) is 58.2 Å². The van der Waals surface area contributed by atoms with Crippen LogP contribution in [0.5, 0.6) is 0 Å². The van der Waals surface area contributed by atoms with Crippen LogP contribution >= 0.6 is 0 Å². The van der Waals surface area contributed by atoms with Crippen LogP contribution in [0.1, 0.15) is 28.4 Å². The van der Waals surface area contributed by atoms with Gasteiger partial charge in [0.15, 0.2) is 0 Å². The van der Waals surface area contributed by atoms with Gasteiger partial charge >= 0.3 is 0 Å². The molecule has 0 heterocycles. The fraction of sp³-hybridized carbons (Fsp3) is 0.222. The van der Waals surface area contributed by atoms with E-state index in [1.54, 1.807) is 24.3 Å². The van der Waals surface area contributed by atoms with Crippen molar-refractivity contribution in [1.29, 1.82) is 0 Å². The predicted molar refractivity (Wildman–Crippen MR) is 86.4 cm³/mol. The van der Waals surface area contributed by atoms with Gasteiger partial charge in [-0.05, 0) is 42.3 Å². The highest BCUT2D eigenvalue weighted by atomic mass is 19.1. The summed E-state index contributed by atoms with van der Waals surface area (Å²) in [4.78, 5) is 23.5. The second kappa shape index (κ2) is 8.08. The van der Waals surface area contributed by atoms with E-state index in [0.29, 0.717) is 18.7 Å². The Morgan fingerprint density at radius 1 is 0.913 bits per heavy atom. The predicted octanol–water partition coefficient (Wildman–Crippen LogP) is 2.43. The average molecular weight is 314 g/mol. The van der Waals surface area contributed by atoms with Crippen molar-refractivity contribution >= 4 is 11.8 Å². The van der Waals surface area contributed by atoms with Gasteiger partial charge in [-0.3, -0.25) is 9.59 Å². The van der Waals surface area contributed by atoms with Crippen LogP contribution in [0.25, 0.3) is 0 Å². The molecule has 0 aliphatic carbocycles. The smallest absolute Gasteiger partial charge is 0.251 e. The molecule has 0 spiro atoms. The normalized spacial score (nSPS) is 10.2. The van der Waals surface area contributed by atoms with E-state index in [4.69, 9.17) is 0 Å². The maximum Gasteiger partial charge on any atom is 0.251 e. The minimum Gasteiger partial charge on any atom is -0.352 e. The highest BCUT2D eigenvalue weighted by Gasteiger charge is 2.06. The number of halogens is 1. The number of benzene rings is 2. The lowest BCUT2D eigenvalue weighted by Crippen LogP contribution is -2.25. The van der Waals surface area contributed by atoms with E-state index >= 15 is 0 Å². The summed E-state index contributed by atoms with van der Waals surface area (Å²) in [7, 11) is 0. The van der Waals surface area contributed by atoms with E-state index in [9.17, 15) is 14.0 Å². The molecule has 0 aliphatic rings. The van der Waals surface area contributed by atoms with Gasteiger partial charge in [0.05, 0.1) is 6.42 Å². The third-order valence-corrected chi connectivity index (χ3v) is 3.32. The molecular formula is C18H19FN2O2. The number of amides is 2. The third kappa shape index (κ3) is 5.21. The van der Waals surface area contributed by atoms with E-state index in [1.807, 2.05) is 19.1 Å². The lowest BCUT2D eigenvalue weighted by Gasteiger charge is -2.07. The minimum absolute atomic E-state index is 0.112. The van der Waals surface area contributed by atoms with Gasteiger partial charge in [0.1, 0.15) is 5.82 Å². The van der Waals surface area contributed by atoms with Crippen molar-refractivity contribution in [3.63, 3.8) is 0 Å². The summed E-state index contributed by atoms with van der Waals surface area (Å²) < 4.78 is 12.8. The van der Waals surface area contributed by atoms with Crippen molar-refractivity contribution < 1.29 is 14.0 Å². The number of carbonyl (C=O) groups is 2. The Morgan fingerprint density at radius 3 is 2.13 bits per heavy atom. The van der Waals surface area contributed by atoms with Crippen LogP contribution in [-0.4, -0.2) is 18.4 Å². The molecular weight excluding hydrogens is 295 g/mol. The zero-order valence-electron chi connectivity index (χ0n) is 12.9. The quantitative estimate of drug-likeness (QED) is 0.860. The number of nitrogens with one attached hydrogen (secondary N) is 2. The van der Waals surface area contributed by atoms with Gasteiger partial charge in [0.25, 0.3) is 5.91 Å². The number of hydrogen-bond donors (Lipinski definition) is 2. The average Bonchev–Trinajstić information content (AvgIpc) is 2.56. The van der Waals surface area contributed by atoms with Gasteiger partial charge in [-0.1, -0.05) is 24.3 Å². The summed E-state index contributed by atoms with van der Waals surface area (Å²) in [5.41, 5.74) is 2.26. The minimum atomic E-state index is -0.318. The van der Waals surface area contributed by atoms with Crippen molar-refractivity contribution in [2.24, 2.45) is 0 Å². The Labute approximate surface area is 134 Å². The maximum absolute atomic E-state index is 12.8. The highest BCUT2D eigenvalue weighted by molar-refractivity contribution is 5.94. The molecule has 2 N–H and O–H groups in total. The molecule has 0 fully saturated rings. The third-order valence-electron chi connectivity index (χ3n) is 3.32. The Kier molecular flexibility index (Phi) is 5.86. The van der Waals surface area contributed by atoms with Crippen molar-refractivity contribution in [3.05, 3.63) is 71.0 Å². The Bertz CT molecular complexity index is 666. The van der Waals surface area contributed by atoms with Crippen LogP contribution in [0.4, 0.5) is 4.39 Å². The Hall–Kier alpha value is -2.69. The molecule has 120 valence electrons. The van der Waals surface area contributed by atoms with E-state index in [1.165, 1.54) is 12.1 Å². The van der Waals surface area contributed by atoms with Gasteiger partial charge in [-0.15, -0.1) is 0 Å². The van der Waals surface area contributed by atoms with Crippen molar-refractivity contribution in [2.75, 3.05) is 6.54 Å². The van der Waals surface area contributed by atoms with Crippen molar-refractivity contribution in [1.82, 2.24) is 10.6 Å². The van der Waals surface area contributed by atoms with Gasteiger partial charge < -0.3 is 10.6 Å². The number of hydrogen-bond acceptors (Lipinski definition) is 2. The zero-order valence-corrected chi connectivity index (χ0v) is 12.9. The van der Waals surface area contributed by atoms with Gasteiger partial charge in [0, 0.05) is 18.7 Å². The molecule has 0 saturated heterocycles. The van der Waals surface area contributed by atoms with Crippen molar-refractivity contribution in [3.8, 4) is 0 Å².